The van der Waals surface area contributed by atoms with Crippen LogP contribution in [0.1, 0.15) is 23.2 Å². The van der Waals surface area contributed by atoms with Crippen LogP contribution in [0, 0.1) is 0 Å². The highest BCUT2D eigenvalue weighted by molar-refractivity contribution is 6.35. The van der Waals surface area contributed by atoms with Gasteiger partial charge in [0.2, 0.25) is 0 Å². The minimum Gasteiger partial charge on any atom is -0.388 e. The van der Waals surface area contributed by atoms with Crippen LogP contribution in [0.5, 0.6) is 0 Å². The van der Waals surface area contributed by atoms with E-state index >= 15 is 0 Å². The first-order valence-corrected chi connectivity index (χ1v) is 6.79. The summed E-state index contributed by atoms with van der Waals surface area (Å²) in [6.07, 6.45) is 1.03. The van der Waals surface area contributed by atoms with Crippen molar-refractivity contribution in [3.63, 3.8) is 0 Å². The lowest BCUT2D eigenvalue weighted by Gasteiger charge is -2.32. The number of carbonyl (C=O) groups is 1. The summed E-state index contributed by atoms with van der Waals surface area (Å²) in [6.45, 7) is 1.21. The minimum atomic E-state index is -0.893. The number of benzene rings is 1. The average Bonchev–Trinajstić information content (AvgIpc) is 2.36. The van der Waals surface area contributed by atoms with E-state index < -0.39 is 5.60 Å². The summed E-state index contributed by atoms with van der Waals surface area (Å²) in [4.78, 5) is 12.0. The number of halogens is 2. The third-order valence-corrected chi connectivity index (χ3v) is 3.56. The summed E-state index contributed by atoms with van der Waals surface area (Å²) in [5.74, 6) is -0.302. The molecular weight excluding hydrogens is 289 g/mol. The fourth-order valence-electron chi connectivity index (χ4n) is 1.96. The maximum absolute atomic E-state index is 12.0. The summed E-state index contributed by atoms with van der Waals surface area (Å²) in [5.41, 5.74) is -0.510. The van der Waals surface area contributed by atoms with Gasteiger partial charge in [0, 0.05) is 48.2 Å². The van der Waals surface area contributed by atoms with Crippen molar-refractivity contribution >= 4 is 29.1 Å². The van der Waals surface area contributed by atoms with E-state index in [1.54, 1.807) is 6.07 Å². The third-order valence-electron chi connectivity index (χ3n) is 3.13. The van der Waals surface area contributed by atoms with E-state index in [9.17, 15) is 9.90 Å². The van der Waals surface area contributed by atoms with E-state index in [0.29, 0.717) is 41.7 Å². The molecule has 0 aliphatic carbocycles. The highest BCUT2D eigenvalue weighted by atomic mass is 35.5. The van der Waals surface area contributed by atoms with Gasteiger partial charge in [-0.15, -0.1) is 0 Å². The van der Waals surface area contributed by atoms with Crippen molar-refractivity contribution in [3.05, 3.63) is 33.8 Å². The molecule has 104 valence electrons. The zero-order valence-electron chi connectivity index (χ0n) is 10.3. The number of nitrogens with one attached hydrogen (secondary N) is 1. The van der Waals surface area contributed by atoms with Crippen LogP contribution in [-0.4, -0.2) is 36.4 Å². The summed E-state index contributed by atoms with van der Waals surface area (Å²) >= 11 is 11.7. The van der Waals surface area contributed by atoms with Gasteiger partial charge in [0.15, 0.2) is 0 Å². The summed E-state index contributed by atoms with van der Waals surface area (Å²) in [7, 11) is 0. The van der Waals surface area contributed by atoms with Crippen molar-refractivity contribution in [2.45, 2.75) is 18.4 Å². The molecular formula is C13H15Cl2NO3. The maximum Gasteiger partial charge on any atom is 0.251 e. The molecule has 1 aromatic carbocycles. The number of rotatable bonds is 3. The van der Waals surface area contributed by atoms with Crippen molar-refractivity contribution in [2.24, 2.45) is 0 Å². The number of hydrogen-bond acceptors (Lipinski definition) is 3. The van der Waals surface area contributed by atoms with E-state index in [1.165, 1.54) is 12.1 Å². The molecule has 2 N–H and O–H groups in total. The van der Waals surface area contributed by atoms with Crippen molar-refractivity contribution in [3.8, 4) is 0 Å². The van der Waals surface area contributed by atoms with Crippen molar-refractivity contribution in [2.75, 3.05) is 19.8 Å². The molecule has 0 radical (unpaired) electrons. The fourth-order valence-corrected chi connectivity index (χ4v) is 2.49. The van der Waals surface area contributed by atoms with E-state index in [-0.39, 0.29) is 12.5 Å². The molecule has 0 aromatic heterocycles. The Balaban J connectivity index is 1.97. The number of amides is 1. The van der Waals surface area contributed by atoms with Crippen LogP contribution in [0.2, 0.25) is 10.0 Å². The zero-order chi connectivity index (χ0) is 13.9. The predicted molar refractivity (Wildman–Crippen MR) is 73.8 cm³/mol. The summed E-state index contributed by atoms with van der Waals surface area (Å²) in [5, 5.41) is 13.7. The van der Waals surface area contributed by atoms with Crippen LogP contribution < -0.4 is 5.32 Å². The molecule has 1 saturated heterocycles. The molecule has 2 rings (SSSR count). The number of ether oxygens (including phenoxy) is 1. The molecule has 0 saturated carbocycles. The van der Waals surface area contributed by atoms with Gasteiger partial charge in [-0.1, -0.05) is 23.2 Å². The monoisotopic (exact) mass is 303 g/mol. The van der Waals surface area contributed by atoms with Crippen LogP contribution in [-0.2, 0) is 4.74 Å². The molecule has 0 spiro atoms. The van der Waals surface area contributed by atoms with Gasteiger partial charge in [-0.2, -0.15) is 0 Å². The Morgan fingerprint density at radius 2 is 1.84 bits per heavy atom. The van der Waals surface area contributed by atoms with E-state index in [1.807, 2.05) is 0 Å². The lowest BCUT2D eigenvalue weighted by molar-refractivity contribution is -0.0605. The predicted octanol–water partition coefficient (Wildman–Crippen LogP) is 2.26. The maximum atomic E-state index is 12.0. The first kappa shape index (κ1) is 14.6. The first-order valence-electron chi connectivity index (χ1n) is 6.03. The Bertz CT molecular complexity index is 453. The summed E-state index contributed by atoms with van der Waals surface area (Å²) in [6, 6.07) is 4.64. The van der Waals surface area contributed by atoms with Gasteiger partial charge in [0.05, 0.1) is 5.60 Å². The molecule has 1 fully saturated rings. The Morgan fingerprint density at radius 3 is 2.42 bits per heavy atom. The Kier molecular flexibility index (Phi) is 4.68. The molecule has 19 heavy (non-hydrogen) atoms. The van der Waals surface area contributed by atoms with Gasteiger partial charge < -0.3 is 15.2 Å². The molecule has 0 atom stereocenters. The second-order valence-corrected chi connectivity index (χ2v) is 5.55. The lowest BCUT2D eigenvalue weighted by Crippen LogP contribution is -2.46. The molecule has 1 aromatic rings. The number of carbonyl (C=O) groups excluding carboxylic acids is 1. The molecule has 1 aliphatic heterocycles. The molecule has 0 bridgehead atoms. The van der Waals surface area contributed by atoms with E-state index in [4.69, 9.17) is 27.9 Å². The van der Waals surface area contributed by atoms with Gasteiger partial charge in [0.1, 0.15) is 0 Å². The smallest absolute Gasteiger partial charge is 0.251 e. The van der Waals surface area contributed by atoms with Crippen LogP contribution in [0.3, 0.4) is 0 Å². The van der Waals surface area contributed by atoms with Gasteiger partial charge in [0.25, 0.3) is 5.91 Å². The fraction of sp³-hybridized carbons (Fsp3) is 0.462. The van der Waals surface area contributed by atoms with Crippen LogP contribution >= 0.6 is 23.2 Å². The quantitative estimate of drug-likeness (QED) is 0.900. The van der Waals surface area contributed by atoms with Gasteiger partial charge >= 0.3 is 0 Å². The second-order valence-electron chi connectivity index (χ2n) is 4.68. The molecule has 1 amide bonds. The second kappa shape index (κ2) is 6.09. The van der Waals surface area contributed by atoms with Crippen LogP contribution in [0.15, 0.2) is 18.2 Å². The van der Waals surface area contributed by atoms with Crippen molar-refractivity contribution in [1.82, 2.24) is 5.32 Å². The van der Waals surface area contributed by atoms with Crippen LogP contribution in [0.4, 0.5) is 0 Å². The average molecular weight is 304 g/mol. The number of aliphatic hydroxyl groups is 1. The highest BCUT2D eigenvalue weighted by Gasteiger charge is 2.30. The van der Waals surface area contributed by atoms with Gasteiger partial charge in [-0.25, -0.2) is 0 Å². The minimum absolute atomic E-state index is 0.194. The Morgan fingerprint density at radius 1 is 1.26 bits per heavy atom. The Hall–Kier alpha value is -0.810. The molecule has 4 nitrogen and oxygen atoms in total. The summed E-state index contributed by atoms with van der Waals surface area (Å²) < 4.78 is 5.18. The van der Waals surface area contributed by atoms with E-state index in [0.717, 1.165) is 0 Å². The SMILES string of the molecule is O=C(NCC1(O)CCOCC1)c1cc(Cl)cc(Cl)c1. The van der Waals surface area contributed by atoms with Gasteiger partial charge in [-0.3, -0.25) is 4.79 Å². The van der Waals surface area contributed by atoms with Crippen molar-refractivity contribution < 1.29 is 14.6 Å². The third kappa shape index (κ3) is 4.08. The Labute approximate surface area is 121 Å². The van der Waals surface area contributed by atoms with E-state index in [2.05, 4.69) is 5.32 Å². The molecule has 1 heterocycles. The molecule has 0 unspecified atom stereocenters. The standard InChI is InChI=1S/C13H15Cl2NO3/c14-10-5-9(6-11(15)7-10)12(17)16-8-13(18)1-3-19-4-2-13/h5-7,18H,1-4,8H2,(H,16,17). The molecule has 6 heteroatoms. The zero-order valence-corrected chi connectivity index (χ0v) is 11.8. The van der Waals surface area contributed by atoms with Gasteiger partial charge in [-0.05, 0) is 18.2 Å². The van der Waals surface area contributed by atoms with Crippen LogP contribution in [0.25, 0.3) is 0 Å². The first-order chi connectivity index (χ1) is 8.98. The topological polar surface area (TPSA) is 58.6 Å². The highest BCUT2D eigenvalue weighted by Crippen LogP contribution is 2.21. The normalized spacial score (nSPS) is 18.1. The number of hydrogen-bond donors (Lipinski definition) is 2. The lowest BCUT2D eigenvalue weighted by atomic mass is 9.94. The molecule has 1 aliphatic rings. The largest absolute Gasteiger partial charge is 0.388 e. The van der Waals surface area contributed by atoms with Crippen molar-refractivity contribution in [1.29, 1.82) is 0 Å².